The molecular formula is C12H13N2O3S. The number of ether oxygens (including phenoxy) is 1. The molecule has 0 bridgehead atoms. The van der Waals surface area contributed by atoms with Crippen LogP contribution < -0.4 is 0 Å². The van der Waals surface area contributed by atoms with Gasteiger partial charge >= 0.3 is 6.09 Å². The highest BCUT2D eigenvalue weighted by Crippen LogP contribution is 2.26. The first kappa shape index (κ1) is 12.9. The first-order chi connectivity index (χ1) is 8.70. The number of hydrogen-bond acceptors (Lipinski definition) is 5. The van der Waals surface area contributed by atoms with Gasteiger partial charge in [-0.1, -0.05) is 42.1 Å². The van der Waals surface area contributed by atoms with Gasteiger partial charge in [-0.05, 0) is 6.92 Å². The lowest BCUT2D eigenvalue weighted by atomic mass is 10.2. The van der Waals surface area contributed by atoms with Crippen molar-refractivity contribution in [1.29, 1.82) is 0 Å². The Kier molecular flexibility index (Phi) is 4.22. The van der Waals surface area contributed by atoms with Gasteiger partial charge in [-0.2, -0.15) is 10.1 Å². The Morgan fingerprint density at radius 2 is 2.22 bits per heavy atom. The summed E-state index contributed by atoms with van der Waals surface area (Å²) in [5.41, 5.74) is 0.948. The van der Waals surface area contributed by atoms with Gasteiger partial charge in [-0.15, -0.1) is 0 Å². The number of benzene rings is 1. The van der Waals surface area contributed by atoms with E-state index in [1.54, 1.807) is 12.8 Å². The molecule has 0 saturated carbocycles. The Morgan fingerprint density at radius 3 is 2.89 bits per heavy atom. The number of thioether (sulfide) groups is 1. The largest absolute Gasteiger partial charge is 0.443 e. The molecule has 1 aromatic carbocycles. The summed E-state index contributed by atoms with van der Waals surface area (Å²) in [6, 6.07) is 9.58. The molecule has 1 atom stereocenters. The van der Waals surface area contributed by atoms with Gasteiger partial charge in [0, 0.05) is 5.56 Å². The van der Waals surface area contributed by atoms with E-state index >= 15 is 0 Å². The third-order valence-electron chi connectivity index (χ3n) is 2.23. The zero-order chi connectivity index (χ0) is 13.0. The van der Waals surface area contributed by atoms with Crippen molar-refractivity contribution in [3.8, 4) is 0 Å². The van der Waals surface area contributed by atoms with E-state index in [1.165, 1.54) is 11.8 Å². The maximum atomic E-state index is 11.6. The maximum Gasteiger partial charge on any atom is 0.431 e. The van der Waals surface area contributed by atoms with Crippen molar-refractivity contribution in [2.45, 2.75) is 13.0 Å². The molecule has 1 heterocycles. The highest BCUT2D eigenvalue weighted by Gasteiger charge is 2.25. The number of aliphatic hydroxyl groups excluding tert-OH is 1. The van der Waals surface area contributed by atoms with E-state index < -0.39 is 12.2 Å². The first-order valence-corrected chi connectivity index (χ1v) is 6.33. The summed E-state index contributed by atoms with van der Waals surface area (Å²) in [6.45, 7) is 1.41. The molecule has 1 unspecified atom stereocenters. The quantitative estimate of drug-likeness (QED) is 0.908. The van der Waals surface area contributed by atoms with Crippen LogP contribution in [0.5, 0.6) is 0 Å². The predicted molar refractivity (Wildman–Crippen MR) is 69.7 cm³/mol. The number of hydrogen-bond donors (Lipinski definition) is 1. The molecule has 5 nitrogen and oxygen atoms in total. The van der Waals surface area contributed by atoms with Crippen LogP contribution in [-0.4, -0.2) is 34.0 Å². The third-order valence-corrected chi connectivity index (χ3v) is 3.08. The van der Waals surface area contributed by atoms with Crippen LogP contribution in [0.4, 0.5) is 4.79 Å². The second-order valence-electron chi connectivity index (χ2n) is 3.72. The predicted octanol–water partition coefficient (Wildman–Crippen LogP) is 2.03. The van der Waals surface area contributed by atoms with E-state index in [9.17, 15) is 4.79 Å². The van der Waals surface area contributed by atoms with Crippen LogP contribution in [0.2, 0.25) is 0 Å². The van der Waals surface area contributed by atoms with E-state index in [4.69, 9.17) is 9.84 Å². The summed E-state index contributed by atoms with van der Waals surface area (Å²) in [5.74, 6) is 1.58. The maximum absolute atomic E-state index is 11.6. The van der Waals surface area contributed by atoms with Gasteiger partial charge in [-0.25, -0.2) is 4.79 Å². The normalized spacial score (nSPS) is 16.3. The van der Waals surface area contributed by atoms with Gasteiger partial charge in [0.05, 0.1) is 6.61 Å². The van der Waals surface area contributed by atoms with Crippen LogP contribution in [0.1, 0.15) is 12.5 Å². The molecule has 0 spiro atoms. The molecule has 0 fully saturated rings. The van der Waals surface area contributed by atoms with Crippen LogP contribution in [0.3, 0.4) is 0 Å². The van der Waals surface area contributed by atoms with Crippen molar-refractivity contribution in [3.63, 3.8) is 0 Å². The molecule has 1 amide bonds. The Bertz CT molecular complexity index is 450. The van der Waals surface area contributed by atoms with Gasteiger partial charge in [0.1, 0.15) is 17.0 Å². The number of hydrazone groups is 1. The summed E-state index contributed by atoms with van der Waals surface area (Å²) in [7, 11) is 0. The molecule has 0 aliphatic carbocycles. The lowest BCUT2D eigenvalue weighted by Gasteiger charge is -2.14. The van der Waals surface area contributed by atoms with Crippen molar-refractivity contribution < 1.29 is 14.6 Å². The highest BCUT2D eigenvalue weighted by molar-refractivity contribution is 8.16. The number of amides is 1. The van der Waals surface area contributed by atoms with Crippen LogP contribution in [0.25, 0.3) is 0 Å². The molecule has 6 heteroatoms. The van der Waals surface area contributed by atoms with E-state index in [0.29, 0.717) is 0 Å². The number of rotatable bonds is 3. The van der Waals surface area contributed by atoms with Gasteiger partial charge in [0.2, 0.25) is 0 Å². The number of carbonyl (C=O) groups excluding carboxylic acids is 1. The molecule has 1 aliphatic rings. The van der Waals surface area contributed by atoms with Crippen LogP contribution in [0, 0.1) is 5.88 Å². The molecule has 1 aromatic rings. The minimum Gasteiger partial charge on any atom is -0.443 e. The van der Waals surface area contributed by atoms with Crippen molar-refractivity contribution in [2.75, 3.05) is 6.61 Å². The second-order valence-corrected chi connectivity index (χ2v) is 4.55. The van der Waals surface area contributed by atoms with Gasteiger partial charge in [0.15, 0.2) is 0 Å². The summed E-state index contributed by atoms with van der Waals surface area (Å²) in [4.78, 5) is 11.6. The van der Waals surface area contributed by atoms with Crippen molar-refractivity contribution in [1.82, 2.24) is 5.01 Å². The van der Waals surface area contributed by atoms with Crippen LogP contribution >= 0.6 is 11.8 Å². The van der Waals surface area contributed by atoms with E-state index in [0.717, 1.165) is 15.6 Å². The summed E-state index contributed by atoms with van der Waals surface area (Å²) < 4.78 is 4.95. The number of aliphatic hydroxyl groups is 1. The average Bonchev–Trinajstić information content (AvgIpc) is 2.89. The van der Waals surface area contributed by atoms with Crippen molar-refractivity contribution in [2.24, 2.45) is 5.10 Å². The third kappa shape index (κ3) is 3.02. The Morgan fingerprint density at radius 1 is 1.50 bits per heavy atom. The smallest absolute Gasteiger partial charge is 0.431 e. The minimum absolute atomic E-state index is 0.206. The number of carbonyl (C=O) groups is 1. The van der Waals surface area contributed by atoms with Crippen molar-refractivity contribution >= 4 is 22.9 Å². The van der Waals surface area contributed by atoms with Gasteiger partial charge in [0.25, 0.3) is 0 Å². The topological polar surface area (TPSA) is 62.1 Å². The summed E-state index contributed by atoms with van der Waals surface area (Å²) >= 11 is 1.35. The molecule has 0 saturated heterocycles. The standard InChI is InChI=1S/C12H13N2O3S/c1-9(7-15)17-12(16)14-8-18-11(13-14)10-5-3-2-4-6-10/h2-6,8-9,15H,7H2,1H3. The van der Waals surface area contributed by atoms with E-state index in [-0.39, 0.29) is 6.61 Å². The zero-order valence-electron chi connectivity index (χ0n) is 9.81. The first-order valence-electron chi connectivity index (χ1n) is 5.45. The fraction of sp³-hybridized carbons (Fsp3) is 0.250. The molecule has 1 N–H and O–H groups in total. The molecule has 95 valence electrons. The molecule has 2 rings (SSSR count). The van der Waals surface area contributed by atoms with E-state index in [1.807, 2.05) is 30.3 Å². The molecule has 1 aliphatic heterocycles. The van der Waals surface area contributed by atoms with E-state index in [2.05, 4.69) is 5.10 Å². The van der Waals surface area contributed by atoms with Gasteiger partial charge < -0.3 is 9.84 Å². The fourth-order valence-corrected chi connectivity index (χ4v) is 2.04. The average molecular weight is 265 g/mol. The van der Waals surface area contributed by atoms with Crippen LogP contribution in [0.15, 0.2) is 35.4 Å². The second kappa shape index (κ2) is 5.88. The Balaban J connectivity index is 2.02. The fourth-order valence-electron chi connectivity index (χ4n) is 1.30. The Hall–Kier alpha value is -1.53. The monoisotopic (exact) mass is 265 g/mol. The van der Waals surface area contributed by atoms with Crippen LogP contribution in [-0.2, 0) is 4.74 Å². The lowest BCUT2D eigenvalue weighted by molar-refractivity contribution is 0.0499. The highest BCUT2D eigenvalue weighted by atomic mass is 32.2. The van der Waals surface area contributed by atoms with Crippen molar-refractivity contribution in [3.05, 3.63) is 41.8 Å². The summed E-state index contributed by atoms with van der Waals surface area (Å²) in [5, 5.41) is 14.8. The molecule has 0 aromatic heterocycles. The molecule has 18 heavy (non-hydrogen) atoms. The van der Waals surface area contributed by atoms with Gasteiger partial charge in [-0.3, -0.25) is 0 Å². The zero-order valence-corrected chi connectivity index (χ0v) is 10.6. The number of nitrogens with zero attached hydrogens (tertiary/aromatic N) is 2. The lowest BCUT2D eigenvalue weighted by Crippen LogP contribution is -2.27. The SMILES string of the molecule is CC(CO)OC(=O)N1[CH]SC(c2ccccc2)=N1. The molecule has 1 radical (unpaired) electrons. The Labute approximate surface area is 109 Å². The minimum atomic E-state index is -0.588. The molecular weight excluding hydrogens is 252 g/mol. The summed E-state index contributed by atoms with van der Waals surface area (Å²) in [6.07, 6.45) is -1.12.